The van der Waals surface area contributed by atoms with Gasteiger partial charge in [-0.2, -0.15) is 0 Å². The Hall–Kier alpha value is 0.341. The van der Waals surface area contributed by atoms with E-state index < -0.39 is 26.4 Å². The maximum Gasteiger partial charge on any atom is 0.504 e. The molecule has 0 aromatic rings. The van der Waals surface area contributed by atoms with Crippen LogP contribution in [0.1, 0.15) is 55.4 Å². The van der Waals surface area contributed by atoms with E-state index in [9.17, 15) is 4.79 Å². The van der Waals surface area contributed by atoms with Gasteiger partial charge in [-0.3, -0.25) is 4.79 Å². The standard InChI is InChI=1S/C10H22O5Si.C8H19ClO3Si.C5H14O3Si.C2H4Cl/c1-5-13-16(14-6-2,15-7-3)9-8-12-10(4)11;1-4-10-13(8-7-9,11-5-2)12-6-3;1-5-9(6-2,7-3)8-4;1-2-3/h5-9H2,1-4H3;4-8H2,1-3H3;5H2,1-4H3;1-2H2. The summed E-state index contributed by atoms with van der Waals surface area (Å²) in [6.45, 7) is 21.8. The van der Waals surface area contributed by atoms with E-state index in [0.717, 1.165) is 6.04 Å². The minimum absolute atomic E-state index is 0.279. The second-order valence-electron chi connectivity index (χ2n) is 7.33. The van der Waals surface area contributed by atoms with Gasteiger partial charge in [0.25, 0.3) is 0 Å². The Labute approximate surface area is 264 Å². The van der Waals surface area contributed by atoms with Gasteiger partial charge >= 0.3 is 32.4 Å². The molecule has 0 fully saturated rings. The van der Waals surface area contributed by atoms with Gasteiger partial charge in [0.15, 0.2) is 0 Å². The van der Waals surface area contributed by atoms with Crippen molar-refractivity contribution in [1.82, 2.24) is 0 Å². The van der Waals surface area contributed by atoms with Crippen LogP contribution in [0.4, 0.5) is 0 Å². The Morgan fingerprint density at radius 1 is 0.610 bits per heavy atom. The number of halogens is 2. The van der Waals surface area contributed by atoms with Crippen LogP contribution in [0.2, 0.25) is 18.1 Å². The first-order valence-corrected chi connectivity index (χ1v) is 20.9. The SMILES string of the molecule is CCO[Si](CCCl)(OCC)OCC.CCO[Si](CCOC(C)=O)(OCC)OCC.CC[Si](OC)(OC)OC.[CH2]CCl. The van der Waals surface area contributed by atoms with Gasteiger partial charge in [-0.15, -0.1) is 23.2 Å². The molecule has 0 heterocycles. The molecular weight excluding hydrogens is 631 g/mol. The highest BCUT2D eigenvalue weighted by molar-refractivity contribution is 6.61. The lowest BCUT2D eigenvalue weighted by molar-refractivity contribution is -0.140. The lowest BCUT2D eigenvalue weighted by Crippen LogP contribution is -2.47. The summed E-state index contributed by atoms with van der Waals surface area (Å²) in [5.74, 6) is 0.694. The van der Waals surface area contributed by atoms with Crippen molar-refractivity contribution >= 4 is 55.6 Å². The second-order valence-corrected chi connectivity index (χ2v) is 16.8. The second kappa shape index (κ2) is 33.2. The van der Waals surface area contributed by atoms with E-state index in [4.69, 9.17) is 67.8 Å². The summed E-state index contributed by atoms with van der Waals surface area (Å²) in [7, 11) is -2.42. The summed E-state index contributed by atoms with van der Waals surface area (Å²) in [5.41, 5.74) is 0. The number of rotatable bonds is 21. The maximum absolute atomic E-state index is 10.7. The summed E-state index contributed by atoms with van der Waals surface area (Å²) in [6.07, 6.45) is 0. The van der Waals surface area contributed by atoms with Gasteiger partial charge in [0.05, 0.1) is 12.7 Å². The van der Waals surface area contributed by atoms with Gasteiger partial charge in [-0.1, -0.05) is 6.92 Å². The molecule has 0 aliphatic rings. The topological polar surface area (TPSA) is 109 Å². The molecule has 0 aliphatic heterocycles. The number of hydrogen-bond donors (Lipinski definition) is 0. The van der Waals surface area contributed by atoms with E-state index in [1.165, 1.54) is 6.92 Å². The number of esters is 1. The average molecular weight is 691 g/mol. The molecule has 0 aromatic heterocycles. The zero-order valence-corrected chi connectivity index (χ0v) is 32.0. The third kappa shape index (κ3) is 26.5. The molecule has 0 amide bonds. The highest BCUT2D eigenvalue weighted by atomic mass is 35.5. The van der Waals surface area contributed by atoms with E-state index >= 15 is 0 Å². The van der Waals surface area contributed by atoms with Crippen molar-refractivity contribution in [2.24, 2.45) is 0 Å². The molecule has 41 heavy (non-hydrogen) atoms. The fourth-order valence-electron chi connectivity index (χ4n) is 3.12. The van der Waals surface area contributed by atoms with Crippen LogP contribution in [0.3, 0.4) is 0 Å². The Morgan fingerprint density at radius 2 is 0.902 bits per heavy atom. The molecule has 0 unspecified atom stereocenters. The molecule has 0 bridgehead atoms. The van der Waals surface area contributed by atoms with Gasteiger partial charge in [-0.25, -0.2) is 0 Å². The predicted molar refractivity (Wildman–Crippen MR) is 172 cm³/mol. The highest BCUT2D eigenvalue weighted by Crippen LogP contribution is 2.17. The number of ether oxygens (including phenoxy) is 1. The normalized spacial score (nSPS) is 11.4. The smallest absolute Gasteiger partial charge is 0.466 e. The minimum Gasteiger partial charge on any atom is -0.466 e. The van der Waals surface area contributed by atoms with Crippen molar-refractivity contribution in [2.75, 3.05) is 79.3 Å². The zero-order valence-electron chi connectivity index (χ0n) is 27.4. The highest BCUT2D eigenvalue weighted by Gasteiger charge is 2.41. The fraction of sp³-hybridized carbons (Fsp3) is 0.920. The van der Waals surface area contributed by atoms with Crippen molar-refractivity contribution < 1.29 is 49.4 Å². The van der Waals surface area contributed by atoms with Crippen LogP contribution in [-0.4, -0.2) is 112 Å². The third-order valence-electron chi connectivity index (χ3n) is 4.67. The van der Waals surface area contributed by atoms with E-state index in [1.807, 2.05) is 48.5 Å². The van der Waals surface area contributed by atoms with Crippen molar-refractivity contribution in [3.63, 3.8) is 0 Å². The molecule has 0 saturated heterocycles. The first-order valence-electron chi connectivity index (χ1n) is 14.0. The molecule has 0 N–H and O–H groups in total. The molecule has 1 radical (unpaired) electrons. The van der Waals surface area contributed by atoms with Gasteiger partial charge in [0, 0.05) is 91.7 Å². The van der Waals surface area contributed by atoms with Crippen molar-refractivity contribution in [1.29, 1.82) is 0 Å². The average Bonchev–Trinajstić information content (AvgIpc) is 2.92. The first-order chi connectivity index (χ1) is 19.5. The molecule has 0 aromatic carbocycles. The summed E-state index contributed by atoms with van der Waals surface area (Å²) in [6, 6.07) is 2.00. The van der Waals surface area contributed by atoms with Crippen molar-refractivity contribution in [3.05, 3.63) is 6.92 Å². The van der Waals surface area contributed by atoms with Gasteiger partial charge in [-0.05, 0) is 48.5 Å². The number of hydrogen-bond acceptors (Lipinski definition) is 11. The molecule has 0 spiro atoms. The molecule has 16 heteroatoms. The van der Waals surface area contributed by atoms with Crippen LogP contribution in [0.5, 0.6) is 0 Å². The van der Waals surface area contributed by atoms with Crippen LogP contribution in [0.15, 0.2) is 0 Å². The number of carbonyl (C=O) groups excluding carboxylic acids is 1. The van der Waals surface area contributed by atoms with E-state index in [-0.39, 0.29) is 12.6 Å². The van der Waals surface area contributed by atoms with Gasteiger partial charge in [0.1, 0.15) is 0 Å². The third-order valence-corrected chi connectivity index (χ3v) is 14.0. The molecule has 0 atom stereocenters. The van der Waals surface area contributed by atoms with Gasteiger partial charge in [0.2, 0.25) is 0 Å². The quantitative estimate of drug-likeness (QED) is 0.0827. The van der Waals surface area contributed by atoms with E-state index in [1.54, 1.807) is 21.3 Å². The van der Waals surface area contributed by atoms with Gasteiger partial charge < -0.3 is 44.6 Å². The van der Waals surface area contributed by atoms with Crippen molar-refractivity contribution in [3.8, 4) is 0 Å². The Morgan fingerprint density at radius 3 is 1.07 bits per heavy atom. The Kier molecular flexibility index (Phi) is 39.1. The minimum atomic E-state index is -2.64. The van der Waals surface area contributed by atoms with Crippen LogP contribution in [0, 0.1) is 6.92 Å². The van der Waals surface area contributed by atoms with Crippen LogP contribution < -0.4 is 0 Å². The largest absolute Gasteiger partial charge is 0.504 e. The van der Waals surface area contributed by atoms with Crippen molar-refractivity contribution in [2.45, 2.75) is 73.5 Å². The molecule has 11 nitrogen and oxygen atoms in total. The van der Waals surface area contributed by atoms with Crippen LogP contribution in [0.25, 0.3) is 0 Å². The summed E-state index contributed by atoms with van der Waals surface area (Å²) < 4.78 is 53.6. The summed E-state index contributed by atoms with van der Waals surface area (Å²) in [4.78, 5) is 10.7. The van der Waals surface area contributed by atoms with E-state index in [2.05, 4.69) is 6.92 Å². The van der Waals surface area contributed by atoms with Crippen LogP contribution in [-0.2, 0) is 49.4 Å². The lowest BCUT2D eigenvalue weighted by atomic mass is 10.8. The molecule has 251 valence electrons. The molecular formula is C25H59Cl2O11Si3. The molecule has 0 saturated carbocycles. The van der Waals surface area contributed by atoms with E-state index in [0.29, 0.717) is 63.5 Å². The number of alkyl halides is 2. The maximum atomic E-state index is 10.7. The predicted octanol–water partition coefficient (Wildman–Crippen LogP) is 5.82. The first kappa shape index (κ1) is 48.3. The lowest BCUT2D eigenvalue weighted by Gasteiger charge is -2.28. The number of carbonyl (C=O) groups is 1. The molecule has 0 aliphatic carbocycles. The van der Waals surface area contributed by atoms with Crippen LogP contribution >= 0.6 is 23.2 Å². The zero-order chi connectivity index (χ0) is 32.6. The molecule has 0 rings (SSSR count). The monoisotopic (exact) mass is 689 g/mol. The fourth-order valence-corrected chi connectivity index (χ4v) is 9.77. The summed E-state index contributed by atoms with van der Waals surface area (Å²) >= 11 is 10.6. The Bertz CT molecular complexity index is 489. The Balaban J connectivity index is -0.000000246. The summed E-state index contributed by atoms with van der Waals surface area (Å²) in [5, 5.41) is 0.